The molecule has 0 aliphatic heterocycles. The van der Waals surface area contributed by atoms with E-state index in [0.717, 1.165) is 0 Å². The minimum atomic E-state index is -1.15. The van der Waals surface area contributed by atoms with Crippen molar-refractivity contribution in [1.82, 2.24) is 5.32 Å². The predicted octanol–water partition coefficient (Wildman–Crippen LogP) is -1.11. The molecule has 4 N–H and O–H groups in total. The minimum Gasteiger partial charge on any atom is -0.481 e. The van der Waals surface area contributed by atoms with Gasteiger partial charge in [-0.05, 0) is 12.8 Å². The molecule has 17 heavy (non-hydrogen) atoms. The molecule has 0 bridgehead atoms. The summed E-state index contributed by atoms with van der Waals surface area (Å²) < 4.78 is 0. The van der Waals surface area contributed by atoms with Gasteiger partial charge in [0.05, 0.1) is 19.1 Å². The van der Waals surface area contributed by atoms with E-state index in [2.05, 4.69) is 10.2 Å². The maximum atomic E-state index is 11.2. The predicted molar refractivity (Wildman–Crippen MR) is 55.4 cm³/mol. The van der Waals surface area contributed by atoms with E-state index in [4.69, 9.17) is 10.8 Å². The molecule has 0 saturated carbocycles. The SMILES string of the molecule is NC(CC(=O)O)C(=O)NCCCCO[N+](=O)[O-]. The number of amides is 1. The van der Waals surface area contributed by atoms with Crippen LogP contribution in [0.1, 0.15) is 19.3 Å². The number of nitrogens with one attached hydrogen (secondary N) is 1. The summed E-state index contributed by atoms with van der Waals surface area (Å²) in [5, 5.41) is 19.7. The molecule has 1 amide bonds. The van der Waals surface area contributed by atoms with Gasteiger partial charge in [0.2, 0.25) is 5.91 Å². The highest BCUT2D eigenvalue weighted by molar-refractivity contribution is 5.85. The van der Waals surface area contributed by atoms with Gasteiger partial charge >= 0.3 is 5.97 Å². The monoisotopic (exact) mass is 249 g/mol. The molecule has 0 radical (unpaired) electrons. The molecule has 9 nitrogen and oxygen atoms in total. The fourth-order valence-corrected chi connectivity index (χ4v) is 0.990. The first-order valence-electron chi connectivity index (χ1n) is 4.96. The zero-order chi connectivity index (χ0) is 13.3. The number of nitrogens with zero attached hydrogens (tertiary/aromatic N) is 1. The lowest BCUT2D eigenvalue weighted by atomic mass is 10.2. The van der Waals surface area contributed by atoms with E-state index in [0.29, 0.717) is 12.8 Å². The van der Waals surface area contributed by atoms with Gasteiger partial charge in [0.1, 0.15) is 0 Å². The van der Waals surface area contributed by atoms with E-state index >= 15 is 0 Å². The molecule has 0 aromatic heterocycles. The third-order valence-corrected chi connectivity index (χ3v) is 1.80. The molecule has 0 aromatic carbocycles. The topological polar surface area (TPSA) is 145 Å². The van der Waals surface area contributed by atoms with Crippen LogP contribution in [0.4, 0.5) is 0 Å². The van der Waals surface area contributed by atoms with Crippen molar-refractivity contribution in [3.63, 3.8) is 0 Å². The fraction of sp³-hybridized carbons (Fsp3) is 0.750. The largest absolute Gasteiger partial charge is 0.481 e. The van der Waals surface area contributed by atoms with Gasteiger partial charge in [-0.25, -0.2) is 0 Å². The Morgan fingerprint density at radius 2 is 2.12 bits per heavy atom. The van der Waals surface area contributed by atoms with E-state index in [1.807, 2.05) is 0 Å². The number of carboxylic acid groups (broad SMARTS) is 1. The molecule has 0 aliphatic carbocycles. The highest BCUT2D eigenvalue weighted by atomic mass is 16.9. The van der Waals surface area contributed by atoms with Crippen LogP contribution in [-0.2, 0) is 14.4 Å². The number of rotatable bonds is 9. The smallest absolute Gasteiger partial charge is 0.305 e. The zero-order valence-corrected chi connectivity index (χ0v) is 9.13. The third kappa shape index (κ3) is 9.05. The van der Waals surface area contributed by atoms with Crippen molar-refractivity contribution in [2.24, 2.45) is 5.73 Å². The highest BCUT2D eigenvalue weighted by Gasteiger charge is 2.15. The van der Waals surface area contributed by atoms with Crippen molar-refractivity contribution in [1.29, 1.82) is 0 Å². The molecule has 9 heteroatoms. The maximum absolute atomic E-state index is 11.2. The first kappa shape index (κ1) is 15.1. The van der Waals surface area contributed by atoms with Gasteiger partial charge < -0.3 is 21.0 Å². The summed E-state index contributed by atoms with van der Waals surface area (Å²) in [4.78, 5) is 35.3. The lowest BCUT2D eigenvalue weighted by Gasteiger charge is -2.09. The summed E-state index contributed by atoms with van der Waals surface area (Å²) in [6, 6.07) is -1.08. The summed E-state index contributed by atoms with van der Waals surface area (Å²) in [7, 11) is 0. The summed E-state index contributed by atoms with van der Waals surface area (Å²) >= 11 is 0. The van der Waals surface area contributed by atoms with Gasteiger partial charge in [-0.2, -0.15) is 0 Å². The van der Waals surface area contributed by atoms with Gasteiger partial charge in [-0.1, -0.05) is 0 Å². The van der Waals surface area contributed by atoms with Crippen molar-refractivity contribution in [2.75, 3.05) is 13.2 Å². The Kier molecular flexibility index (Phi) is 7.35. The van der Waals surface area contributed by atoms with Crippen LogP contribution < -0.4 is 11.1 Å². The lowest BCUT2D eigenvalue weighted by Crippen LogP contribution is -2.42. The second kappa shape index (κ2) is 8.28. The molecule has 0 rings (SSSR count). The number of carbonyl (C=O) groups excluding carboxylic acids is 1. The molecule has 0 saturated heterocycles. The van der Waals surface area contributed by atoms with Crippen molar-refractivity contribution >= 4 is 11.9 Å². The molecular weight excluding hydrogens is 234 g/mol. The van der Waals surface area contributed by atoms with E-state index in [1.54, 1.807) is 0 Å². The molecule has 98 valence electrons. The Balaban J connectivity index is 3.51. The molecule has 0 spiro atoms. The first-order chi connectivity index (χ1) is 7.93. The molecule has 1 atom stereocenters. The average molecular weight is 249 g/mol. The fourth-order valence-electron chi connectivity index (χ4n) is 0.990. The number of unbranched alkanes of at least 4 members (excludes halogenated alkanes) is 1. The zero-order valence-electron chi connectivity index (χ0n) is 9.13. The minimum absolute atomic E-state index is 0.0376. The van der Waals surface area contributed by atoms with E-state index in [1.165, 1.54) is 0 Å². The van der Waals surface area contributed by atoms with Crippen LogP contribution in [0, 0.1) is 10.1 Å². The molecule has 0 fully saturated rings. The summed E-state index contributed by atoms with van der Waals surface area (Å²) in [5.41, 5.74) is 5.29. The summed E-state index contributed by atoms with van der Waals surface area (Å²) in [5.74, 6) is -1.70. The van der Waals surface area contributed by atoms with Crippen LogP contribution in [0.3, 0.4) is 0 Å². The maximum Gasteiger partial charge on any atom is 0.305 e. The Morgan fingerprint density at radius 1 is 1.47 bits per heavy atom. The van der Waals surface area contributed by atoms with Gasteiger partial charge in [0.15, 0.2) is 0 Å². The quantitative estimate of drug-likeness (QED) is 0.267. The van der Waals surface area contributed by atoms with Gasteiger partial charge in [0.25, 0.3) is 5.09 Å². The number of nitrogens with two attached hydrogens (primary N) is 1. The highest BCUT2D eigenvalue weighted by Crippen LogP contribution is 1.91. The van der Waals surface area contributed by atoms with E-state index < -0.39 is 29.4 Å². The van der Waals surface area contributed by atoms with E-state index in [-0.39, 0.29) is 13.2 Å². The van der Waals surface area contributed by atoms with Crippen molar-refractivity contribution < 1.29 is 24.6 Å². The van der Waals surface area contributed by atoms with Crippen molar-refractivity contribution in [3.05, 3.63) is 10.1 Å². The number of aliphatic carboxylic acids is 1. The van der Waals surface area contributed by atoms with E-state index in [9.17, 15) is 19.7 Å². The number of carboxylic acids is 1. The molecular formula is C8H15N3O6. The summed E-state index contributed by atoms with van der Waals surface area (Å²) in [6.45, 7) is 0.233. The van der Waals surface area contributed by atoms with Crippen molar-refractivity contribution in [3.8, 4) is 0 Å². The molecule has 0 aromatic rings. The van der Waals surface area contributed by atoms with Crippen LogP contribution in [0.5, 0.6) is 0 Å². The normalized spacial score (nSPS) is 11.6. The first-order valence-corrected chi connectivity index (χ1v) is 4.96. The van der Waals surface area contributed by atoms with Crippen LogP contribution in [0.25, 0.3) is 0 Å². The molecule has 1 unspecified atom stereocenters. The van der Waals surface area contributed by atoms with Crippen LogP contribution in [0.15, 0.2) is 0 Å². The third-order valence-electron chi connectivity index (χ3n) is 1.80. The number of carbonyl (C=O) groups is 2. The second-order valence-electron chi connectivity index (χ2n) is 3.26. The molecule has 0 aliphatic rings. The Bertz CT molecular complexity index is 282. The molecule has 0 heterocycles. The Morgan fingerprint density at radius 3 is 2.65 bits per heavy atom. The van der Waals surface area contributed by atoms with Crippen LogP contribution in [0.2, 0.25) is 0 Å². The van der Waals surface area contributed by atoms with Crippen LogP contribution >= 0.6 is 0 Å². The average Bonchev–Trinajstić information content (AvgIpc) is 2.21. The van der Waals surface area contributed by atoms with Gasteiger partial charge in [0, 0.05) is 6.54 Å². The lowest BCUT2D eigenvalue weighted by molar-refractivity contribution is -0.757. The standard InChI is InChI=1S/C8H15N3O6/c9-6(5-7(12)13)8(14)10-3-1-2-4-17-11(15)16/h6H,1-5,9H2,(H,10,14)(H,12,13). The Labute approximate surface area is 97.0 Å². The van der Waals surface area contributed by atoms with Crippen LogP contribution in [-0.4, -0.2) is 41.3 Å². The Hall–Kier alpha value is -1.90. The van der Waals surface area contributed by atoms with Gasteiger partial charge in [-0.15, -0.1) is 10.1 Å². The second-order valence-corrected chi connectivity index (χ2v) is 3.26. The van der Waals surface area contributed by atoms with Gasteiger partial charge in [-0.3, -0.25) is 9.59 Å². The van der Waals surface area contributed by atoms with Crippen molar-refractivity contribution in [2.45, 2.75) is 25.3 Å². The number of hydrogen-bond acceptors (Lipinski definition) is 6. The number of hydrogen-bond donors (Lipinski definition) is 3. The summed E-state index contributed by atoms with van der Waals surface area (Å²) in [6.07, 6.45) is 0.463.